The molecular formula is C9H13N5O. The first kappa shape index (κ1) is 9.70. The molecule has 1 aliphatic rings. The Labute approximate surface area is 87.4 Å². The second kappa shape index (κ2) is 3.38. The van der Waals surface area contributed by atoms with Crippen LogP contribution in [0.3, 0.4) is 0 Å². The largest absolute Gasteiger partial charge is 0.385 e. The van der Waals surface area contributed by atoms with Crippen LogP contribution in [0, 0.1) is 0 Å². The van der Waals surface area contributed by atoms with Gasteiger partial charge < -0.3 is 10.6 Å². The molecule has 0 bridgehead atoms. The van der Waals surface area contributed by atoms with Crippen LogP contribution in [-0.2, 0) is 6.54 Å². The molecule has 2 N–H and O–H groups in total. The van der Waals surface area contributed by atoms with Gasteiger partial charge in [-0.05, 0) is 6.92 Å². The van der Waals surface area contributed by atoms with Crippen molar-refractivity contribution in [1.82, 2.24) is 14.7 Å². The fourth-order valence-corrected chi connectivity index (χ4v) is 1.65. The number of likely N-dealkylation sites (N-methyl/N-ethyl adjacent to an activating group) is 1. The number of hydrogen-bond acceptors (Lipinski definition) is 3. The maximum absolute atomic E-state index is 11.3. The molecule has 0 spiro atoms. The zero-order chi connectivity index (χ0) is 11.0. The molecular weight excluding hydrogens is 194 g/mol. The van der Waals surface area contributed by atoms with Crippen LogP contribution < -0.4 is 5.73 Å². The van der Waals surface area contributed by atoms with Gasteiger partial charge >= 0.3 is 6.03 Å². The average Bonchev–Trinajstić information content (AvgIpc) is 2.74. The quantitative estimate of drug-likeness (QED) is 0.761. The summed E-state index contributed by atoms with van der Waals surface area (Å²) in [7, 11) is 1.68. The highest BCUT2D eigenvalue weighted by molar-refractivity contribution is 6.03. The molecule has 6 nitrogen and oxygen atoms in total. The van der Waals surface area contributed by atoms with Gasteiger partial charge in [-0.15, -0.1) is 0 Å². The molecule has 1 aromatic heterocycles. The number of nitrogens with two attached hydrogens (primary N) is 1. The minimum atomic E-state index is -0.304. The van der Waals surface area contributed by atoms with Gasteiger partial charge in [0.25, 0.3) is 0 Å². The first-order valence-corrected chi connectivity index (χ1v) is 4.76. The van der Waals surface area contributed by atoms with Crippen LogP contribution >= 0.6 is 0 Å². The van der Waals surface area contributed by atoms with Crippen molar-refractivity contribution in [1.29, 1.82) is 0 Å². The van der Waals surface area contributed by atoms with Gasteiger partial charge in [0.2, 0.25) is 0 Å². The summed E-state index contributed by atoms with van der Waals surface area (Å²) in [5, 5.41) is 4.14. The number of urea groups is 1. The van der Waals surface area contributed by atoms with Gasteiger partial charge in [-0.1, -0.05) is 0 Å². The van der Waals surface area contributed by atoms with Gasteiger partial charge in [0.1, 0.15) is 11.9 Å². The molecule has 0 saturated heterocycles. The lowest BCUT2D eigenvalue weighted by atomic mass is 10.1. The number of carbonyl (C=O) groups is 1. The van der Waals surface area contributed by atoms with E-state index in [1.165, 1.54) is 4.90 Å². The number of carbonyl (C=O) groups excluding carboxylic acids is 1. The van der Waals surface area contributed by atoms with Crippen LogP contribution in [0.15, 0.2) is 17.4 Å². The van der Waals surface area contributed by atoms with E-state index in [1.807, 2.05) is 13.1 Å². The molecule has 0 aliphatic carbocycles. The lowest BCUT2D eigenvalue weighted by Gasteiger charge is -2.17. The summed E-state index contributed by atoms with van der Waals surface area (Å²) in [6, 6.07) is -0.570. The van der Waals surface area contributed by atoms with Crippen LogP contribution in [0.2, 0.25) is 0 Å². The van der Waals surface area contributed by atoms with Crippen molar-refractivity contribution in [2.24, 2.45) is 10.7 Å². The Bertz CT molecular complexity index is 422. The van der Waals surface area contributed by atoms with Gasteiger partial charge in [0.15, 0.2) is 0 Å². The predicted molar refractivity (Wildman–Crippen MR) is 55.4 cm³/mol. The average molecular weight is 207 g/mol. The number of aromatic nitrogens is 2. The number of hydrogen-bond donors (Lipinski definition) is 1. The minimum absolute atomic E-state index is 0.266. The second-order valence-corrected chi connectivity index (χ2v) is 3.46. The topological polar surface area (TPSA) is 76.5 Å². The van der Waals surface area contributed by atoms with Gasteiger partial charge in [-0.25, -0.2) is 4.79 Å². The van der Waals surface area contributed by atoms with Crippen LogP contribution in [0.4, 0.5) is 4.79 Å². The van der Waals surface area contributed by atoms with E-state index in [2.05, 4.69) is 10.1 Å². The van der Waals surface area contributed by atoms with Crippen molar-refractivity contribution in [3.05, 3.63) is 18.0 Å². The summed E-state index contributed by atoms with van der Waals surface area (Å²) >= 11 is 0. The smallest absolute Gasteiger partial charge is 0.345 e. The van der Waals surface area contributed by atoms with E-state index in [1.54, 1.807) is 17.9 Å². The first-order valence-electron chi connectivity index (χ1n) is 4.76. The van der Waals surface area contributed by atoms with E-state index in [4.69, 9.17) is 5.73 Å². The zero-order valence-corrected chi connectivity index (χ0v) is 8.71. The Balaban J connectivity index is 2.31. The monoisotopic (exact) mass is 207 g/mol. The van der Waals surface area contributed by atoms with Crippen molar-refractivity contribution >= 4 is 11.9 Å². The minimum Gasteiger partial charge on any atom is -0.385 e. The van der Waals surface area contributed by atoms with Crippen LogP contribution in [0.5, 0.6) is 0 Å². The summed E-state index contributed by atoms with van der Waals surface area (Å²) in [4.78, 5) is 16.5. The summed E-state index contributed by atoms with van der Waals surface area (Å²) in [5.41, 5.74) is 6.59. The number of amidine groups is 1. The van der Waals surface area contributed by atoms with Crippen LogP contribution in [0.25, 0.3) is 0 Å². The summed E-state index contributed by atoms with van der Waals surface area (Å²) in [6.45, 7) is 2.79. The van der Waals surface area contributed by atoms with E-state index in [-0.39, 0.29) is 12.1 Å². The molecule has 1 atom stereocenters. The molecule has 0 fully saturated rings. The Hall–Kier alpha value is -1.85. The van der Waals surface area contributed by atoms with E-state index < -0.39 is 0 Å². The molecule has 0 saturated carbocycles. The van der Waals surface area contributed by atoms with Gasteiger partial charge in [0, 0.05) is 25.4 Å². The SMILES string of the molecule is CCn1cc(C2C(N)=NC(=O)N2C)cn1. The third kappa shape index (κ3) is 1.47. The van der Waals surface area contributed by atoms with Crippen molar-refractivity contribution in [3.63, 3.8) is 0 Å². The van der Waals surface area contributed by atoms with Gasteiger partial charge in [-0.3, -0.25) is 4.68 Å². The van der Waals surface area contributed by atoms with Gasteiger partial charge in [0.05, 0.1) is 6.20 Å². The molecule has 2 heterocycles. The molecule has 15 heavy (non-hydrogen) atoms. The first-order chi connectivity index (χ1) is 7.13. The summed E-state index contributed by atoms with van der Waals surface area (Å²) in [6.07, 6.45) is 3.59. The Morgan fingerprint density at radius 2 is 2.33 bits per heavy atom. The van der Waals surface area contributed by atoms with E-state index in [0.717, 1.165) is 12.1 Å². The molecule has 0 aromatic carbocycles. The maximum atomic E-state index is 11.3. The molecule has 80 valence electrons. The normalized spacial score (nSPS) is 20.9. The van der Waals surface area contributed by atoms with Crippen molar-refractivity contribution in [3.8, 4) is 0 Å². The maximum Gasteiger partial charge on any atom is 0.345 e. The van der Waals surface area contributed by atoms with Crippen LogP contribution in [0.1, 0.15) is 18.5 Å². The lowest BCUT2D eigenvalue weighted by Crippen LogP contribution is -2.29. The van der Waals surface area contributed by atoms with Crippen molar-refractivity contribution in [2.45, 2.75) is 19.5 Å². The molecule has 1 unspecified atom stereocenters. The lowest BCUT2D eigenvalue weighted by molar-refractivity contribution is 0.218. The Kier molecular flexibility index (Phi) is 2.18. The standard InChI is InChI=1S/C9H13N5O/c1-3-14-5-6(4-11-14)7-8(10)12-9(15)13(7)2/h4-5,7H,3H2,1-2H3,(H2,10,12,15). The van der Waals surface area contributed by atoms with E-state index >= 15 is 0 Å². The highest BCUT2D eigenvalue weighted by atomic mass is 16.2. The van der Waals surface area contributed by atoms with Crippen LogP contribution in [-0.4, -0.2) is 33.6 Å². The number of rotatable bonds is 2. The molecule has 2 rings (SSSR count). The van der Waals surface area contributed by atoms with Crippen molar-refractivity contribution in [2.75, 3.05) is 7.05 Å². The molecule has 0 radical (unpaired) electrons. The Morgan fingerprint density at radius 3 is 2.80 bits per heavy atom. The van der Waals surface area contributed by atoms with Gasteiger partial charge in [-0.2, -0.15) is 10.1 Å². The fourth-order valence-electron chi connectivity index (χ4n) is 1.65. The summed E-state index contributed by atoms with van der Waals surface area (Å²) in [5.74, 6) is 0.332. The van der Waals surface area contributed by atoms with E-state index in [0.29, 0.717) is 5.84 Å². The zero-order valence-electron chi connectivity index (χ0n) is 8.71. The number of amides is 2. The fraction of sp³-hybridized carbons (Fsp3) is 0.444. The number of aryl methyl sites for hydroxylation is 1. The highest BCUT2D eigenvalue weighted by Crippen LogP contribution is 2.24. The van der Waals surface area contributed by atoms with Crippen molar-refractivity contribution < 1.29 is 4.79 Å². The molecule has 1 aromatic rings. The molecule has 6 heteroatoms. The van der Waals surface area contributed by atoms with E-state index in [9.17, 15) is 4.79 Å². The third-order valence-electron chi connectivity index (χ3n) is 2.49. The predicted octanol–water partition coefficient (Wildman–Crippen LogP) is 0.367. The molecule has 1 aliphatic heterocycles. The number of nitrogens with zero attached hydrogens (tertiary/aromatic N) is 4. The highest BCUT2D eigenvalue weighted by Gasteiger charge is 2.32. The third-order valence-corrected chi connectivity index (χ3v) is 2.49. The molecule has 2 amide bonds. The Morgan fingerprint density at radius 1 is 1.60 bits per heavy atom. The summed E-state index contributed by atoms with van der Waals surface area (Å²) < 4.78 is 1.79. The number of aliphatic imine (C=N–C) groups is 1. The second-order valence-electron chi connectivity index (χ2n) is 3.46.